The van der Waals surface area contributed by atoms with Gasteiger partial charge in [-0.25, -0.2) is 4.99 Å². The van der Waals surface area contributed by atoms with Gasteiger partial charge in [-0.15, -0.1) is 0 Å². The van der Waals surface area contributed by atoms with Crippen LogP contribution in [-0.4, -0.2) is 5.71 Å². The molecule has 0 N–H and O–H groups in total. The largest absolute Gasteiger partial charge is 0.248 e. The van der Waals surface area contributed by atoms with Gasteiger partial charge in [0, 0.05) is 10.5 Å². The molecule has 0 atom stereocenters. The zero-order valence-corrected chi connectivity index (χ0v) is 17.7. The molecule has 0 saturated heterocycles. The van der Waals surface area contributed by atoms with Gasteiger partial charge in [-0.3, -0.25) is 0 Å². The zero-order chi connectivity index (χ0) is 20.6. The molecule has 0 aliphatic rings. The van der Waals surface area contributed by atoms with Crippen LogP contribution in [0.1, 0.15) is 11.1 Å². The maximum absolute atomic E-state index is 4.90. The maximum Gasteiger partial charge on any atom is 0.0714 e. The van der Waals surface area contributed by atoms with Crippen LogP contribution < -0.4 is 0 Å². The Labute approximate surface area is 182 Å². The SMILES string of the molecule is Cc1cccc(SC=CC(=Nc2ccccc2)c2ccc(-c3ccccc3)cc2)c1. The first-order chi connectivity index (χ1) is 14.8. The Bertz CT molecular complexity index is 1140. The first kappa shape index (κ1) is 19.9. The van der Waals surface area contributed by atoms with Crippen LogP contribution in [0.3, 0.4) is 0 Å². The number of hydrogen-bond acceptors (Lipinski definition) is 2. The first-order valence-corrected chi connectivity index (χ1v) is 10.9. The molecule has 0 radical (unpaired) electrons. The average Bonchev–Trinajstić information content (AvgIpc) is 2.80. The predicted molar refractivity (Wildman–Crippen MR) is 131 cm³/mol. The molecule has 0 aromatic heterocycles. The van der Waals surface area contributed by atoms with Gasteiger partial charge in [0.1, 0.15) is 0 Å². The number of hydrogen-bond donors (Lipinski definition) is 0. The summed E-state index contributed by atoms with van der Waals surface area (Å²) in [6, 6.07) is 37.7. The third-order valence-electron chi connectivity index (χ3n) is 4.71. The van der Waals surface area contributed by atoms with Crippen molar-refractivity contribution in [1.29, 1.82) is 0 Å². The fraction of sp³-hybridized carbons (Fsp3) is 0.0357. The summed E-state index contributed by atoms with van der Waals surface area (Å²) in [6.07, 6.45) is 2.09. The van der Waals surface area contributed by atoms with E-state index in [9.17, 15) is 0 Å². The lowest BCUT2D eigenvalue weighted by Crippen LogP contribution is -1.96. The number of benzene rings is 4. The van der Waals surface area contributed by atoms with Crippen LogP contribution in [0.4, 0.5) is 5.69 Å². The van der Waals surface area contributed by atoms with Crippen molar-refractivity contribution >= 4 is 23.2 Å². The molecule has 30 heavy (non-hydrogen) atoms. The van der Waals surface area contributed by atoms with Crippen LogP contribution in [0.5, 0.6) is 0 Å². The van der Waals surface area contributed by atoms with Gasteiger partial charge in [0.25, 0.3) is 0 Å². The molecule has 0 unspecified atom stereocenters. The molecule has 4 aromatic carbocycles. The third kappa shape index (κ3) is 5.37. The van der Waals surface area contributed by atoms with E-state index in [-0.39, 0.29) is 0 Å². The molecule has 0 aliphatic carbocycles. The van der Waals surface area contributed by atoms with E-state index in [2.05, 4.69) is 91.2 Å². The fourth-order valence-corrected chi connectivity index (χ4v) is 3.93. The van der Waals surface area contributed by atoms with Gasteiger partial charge in [0.15, 0.2) is 0 Å². The standard InChI is InChI=1S/C28H23NS/c1-22-9-8-14-27(21-22)30-20-19-28(29-26-12-6-3-7-13-26)25-17-15-24(16-18-25)23-10-4-2-5-11-23/h2-21H,1H3. The quantitative estimate of drug-likeness (QED) is 0.233. The summed E-state index contributed by atoms with van der Waals surface area (Å²) in [5, 5.41) is 2.11. The lowest BCUT2D eigenvalue weighted by atomic mass is 10.0. The van der Waals surface area contributed by atoms with E-state index in [1.807, 2.05) is 36.4 Å². The van der Waals surface area contributed by atoms with Gasteiger partial charge >= 0.3 is 0 Å². The van der Waals surface area contributed by atoms with E-state index in [4.69, 9.17) is 4.99 Å². The number of thioether (sulfide) groups is 1. The second-order valence-electron chi connectivity index (χ2n) is 7.01. The molecule has 0 amide bonds. The summed E-state index contributed by atoms with van der Waals surface area (Å²) in [7, 11) is 0. The van der Waals surface area contributed by atoms with Crippen molar-refractivity contribution < 1.29 is 0 Å². The fourth-order valence-electron chi connectivity index (χ4n) is 3.17. The van der Waals surface area contributed by atoms with Crippen molar-refractivity contribution in [3.05, 3.63) is 132 Å². The lowest BCUT2D eigenvalue weighted by Gasteiger charge is -2.06. The summed E-state index contributed by atoms with van der Waals surface area (Å²) in [5.74, 6) is 0. The van der Waals surface area contributed by atoms with E-state index < -0.39 is 0 Å². The monoisotopic (exact) mass is 405 g/mol. The highest BCUT2D eigenvalue weighted by Gasteiger charge is 2.03. The second kappa shape index (κ2) is 9.91. The minimum absolute atomic E-state index is 0.945. The van der Waals surface area contributed by atoms with Crippen molar-refractivity contribution in [2.45, 2.75) is 11.8 Å². The highest BCUT2D eigenvalue weighted by Crippen LogP contribution is 2.23. The second-order valence-corrected chi connectivity index (χ2v) is 7.99. The Morgan fingerprint density at radius 3 is 2.07 bits per heavy atom. The molecule has 0 saturated carbocycles. The smallest absolute Gasteiger partial charge is 0.0714 e. The lowest BCUT2D eigenvalue weighted by molar-refractivity contribution is 1.37. The van der Waals surface area contributed by atoms with Crippen molar-refractivity contribution in [1.82, 2.24) is 0 Å². The molecule has 2 heteroatoms. The molecule has 0 aliphatic heterocycles. The van der Waals surface area contributed by atoms with Crippen molar-refractivity contribution in [2.24, 2.45) is 4.99 Å². The number of rotatable bonds is 6. The van der Waals surface area contributed by atoms with Gasteiger partial charge in [-0.1, -0.05) is 102 Å². The summed E-state index contributed by atoms with van der Waals surface area (Å²) in [6.45, 7) is 2.12. The Morgan fingerprint density at radius 1 is 0.700 bits per heavy atom. The molecular weight excluding hydrogens is 382 g/mol. The van der Waals surface area contributed by atoms with Gasteiger partial charge < -0.3 is 0 Å². The Balaban J connectivity index is 1.62. The molecule has 0 heterocycles. The van der Waals surface area contributed by atoms with Gasteiger partial charge in [0.2, 0.25) is 0 Å². The van der Waals surface area contributed by atoms with Crippen LogP contribution in [-0.2, 0) is 0 Å². The molecule has 4 rings (SSSR count). The number of aliphatic imine (C=N–C) groups is 1. The summed E-state index contributed by atoms with van der Waals surface area (Å²) >= 11 is 1.71. The molecule has 1 nitrogen and oxygen atoms in total. The highest BCUT2D eigenvalue weighted by atomic mass is 32.2. The van der Waals surface area contributed by atoms with Crippen molar-refractivity contribution in [2.75, 3.05) is 0 Å². The molecule has 4 aromatic rings. The number of allylic oxidation sites excluding steroid dienone is 1. The Morgan fingerprint density at radius 2 is 1.37 bits per heavy atom. The Kier molecular flexibility index (Phi) is 6.58. The van der Waals surface area contributed by atoms with E-state index in [1.165, 1.54) is 21.6 Å². The van der Waals surface area contributed by atoms with Crippen LogP contribution in [0, 0.1) is 6.92 Å². The van der Waals surface area contributed by atoms with Gasteiger partial charge in [-0.2, -0.15) is 0 Å². The molecule has 0 bridgehead atoms. The summed E-state index contributed by atoms with van der Waals surface area (Å²) in [4.78, 5) is 6.12. The predicted octanol–water partition coefficient (Wildman–Crippen LogP) is 8.09. The number of nitrogens with zero attached hydrogens (tertiary/aromatic N) is 1. The topological polar surface area (TPSA) is 12.4 Å². The minimum Gasteiger partial charge on any atom is -0.248 e. The van der Waals surface area contributed by atoms with E-state index >= 15 is 0 Å². The van der Waals surface area contributed by atoms with E-state index in [0.29, 0.717) is 0 Å². The Hall–Kier alpha value is -3.36. The third-order valence-corrected chi connectivity index (χ3v) is 5.51. The van der Waals surface area contributed by atoms with Crippen LogP contribution in [0.15, 0.2) is 131 Å². The van der Waals surface area contributed by atoms with E-state index in [0.717, 1.165) is 17.0 Å². The van der Waals surface area contributed by atoms with Gasteiger partial charge in [-0.05, 0) is 53.8 Å². The van der Waals surface area contributed by atoms with Crippen molar-refractivity contribution in [3.63, 3.8) is 0 Å². The summed E-state index contributed by atoms with van der Waals surface area (Å²) in [5.41, 5.74) is 6.68. The van der Waals surface area contributed by atoms with Crippen molar-refractivity contribution in [3.8, 4) is 11.1 Å². The van der Waals surface area contributed by atoms with E-state index in [1.54, 1.807) is 11.8 Å². The molecule has 0 fully saturated rings. The zero-order valence-electron chi connectivity index (χ0n) is 16.9. The van der Waals surface area contributed by atoms with Crippen LogP contribution >= 0.6 is 11.8 Å². The normalized spacial score (nSPS) is 11.7. The molecule has 146 valence electrons. The first-order valence-electron chi connectivity index (χ1n) is 9.97. The average molecular weight is 406 g/mol. The summed E-state index contributed by atoms with van der Waals surface area (Å²) < 4.78 is 0. The highest BCUT2D eigenvalue weighted by molar-refractivity contribution is 8.02. The van der Waals surface area contributed by atoms with Gasteiger partial charge in [0.05, 0.1) is 11.4 Å². The van der Waals surface area contributed by atoms with Crippen LogP contribution in [0.2, 0.25) is 0 Å². The maximum atomic E-state index is 4.90. The number of aryl methyl sites for hydroxylation is 1. The van der Waals surface area contributed by atoms with Crippen LogP contribution in [0.25, 0.3) is 11.1 Å². The minimum atomic E-state index is 0.945. The molecule has 0 spiro atoms. The number of para-hydroxylation sites is 1. The molecular formula is C28H23NS.